The van der Waals surface area contributed by atoms with Crippen molar-refractivity contribution in [1.82, 2.24) is 30.2 Å². The van der Waals surface area contributed by atoms with E-state index in [1.165, 1.54) is 0 Å². The Kier molecular flexibility index (Phi) is 4.56. The number of piperidine rings is 1. The molecule has 7 heteroatoms. The van der Waals surface area contributed by atoms with Crippen LogP contribution < -0.4 is 10.6 Å². The van der Waals surface area contributed by atoms with Gasteiger partial charge in [0.15, 0.2) is 5.82 Å². The van der Waals surface area contributed by atoms with Crippen molar-refractivity contribution in [3.63, 3.8) is 0 Å². The number of nitrogens with zero attached hydrogens (tertiary/aromatic N) is 5. The second kappa shape index (κ2) is 7.31. The molecule has 1 unspecified atom stereocenters. The lowest BCUT2D eigenvalue weighted by Gasteiger charge is -2.24. The molecule has 25 heavy (non-hydrogen) atoms. The van der Waals surface area contributed by atoms with Gasteiger partial charge >= 0.3 is 0 Å². The van der Waals surface area contributed by atoms with Crippen LogP contribution in [0.4, 0.5) is 5.82 Å². The molecule has 7 nitrogen and oxygen atoms in total. The standard InChI is InChI=1S/C18H19N7/c1-2-7-21-14(5-1)15-10-17(23-13-4-3-6-19-11-13)25-18(24-15)16-12-20-8-9-22-16/h1-2,5,7-10,12-13,19H,3-4,6,11H2,(H,23,24,25). The Hall–Kier alpha value is -2.93. The zero-order valence-electron chi connectivity index (χ0n) is 13.8. The van der Waals surface area contributed by atoms with Crippen molar-refractivity contribution in [3.05, 3.63) is 49.1 Å². The number of hydrogen-bond acceptors (Lipinski definition) is 7. The predicted molar refractivity (Wildman–Crippen MR) is 95.8 cm³/mol. The van der Waals surface area contributed by atoms with E-state index in [1.807, 2.05) is 24.3 Å². The van der Waals surface area contributed by atoms with Gasteiger partial charge in [0, 0.05) is 37.2 Å². The number of hydrogen-bond donors (Lipinski definition) is 2. The number of nitrogens with one attached hydrogen (secondary N) is 2. The minimum Gasteiger partial charge on any atom is -0.366 e. The van der Waals surface area contributed by atoms with Gasteiger partial charge in [-0.2, -0.15) is 0 Å². The van der Waals surface area contributed by atoms with Crippen LogP contribution >= 0.6 is 0 Å². The molecule has 3 aromatic heterocycles. The fourth-order valence-corrected chi connectivity index (χ4v) is 2.88. The summed E-state index contributed by atoms with van der Waals surface area (Å²) in [5, 5.41) is 6.92. The summed E-state index contributed by atoms with van der Waals surface area (Å²) in [5.74, 6) is 1.33. The summed E-state index contributed by atoms with van der Waals surface area (Å²) in [5.41, 5.74) is 2.22. The van der Waals surface area contributed by atoms with E-state index >= 15 is 0 Å². The quantitative estimate of drug-likeness (QED) is 0.756. The van der Waals surface area contributed by atoms with Crippen molar-refractivity contribution in [3.8, 4) is 22.9 Å². The molecule has 0 amide bonds. The highest BCUT2D eigenvalue weighted by atomic mass is 15.1. The summed E-state index contributed by atoms with van der Waals surface area (Å²) < 4.78 is 0. The van der Waals surface area contributed by atoms with E-state index in [0.717, 1.165) is 43.1 Å². The van der Waals surface area contributed by atoms with E-state index in [1.54, 1.807) is 24.8 Å². The molecule has 3 aromatic rings. The Bertz CT molecular complexity index is 760. The summed E-state index contributed by atoms with van der Waals surface area (Å²) in [6.07, 6.45) is 8.99. The highest BCUT2D eigenvalue weighted by molar-refractivity contribution is 5.63. The average molecular weight is 333 g/mol. The molecular weight excluding hydrogens is 314 g/mol. The predicted octanol–water partition coefficient (Wildman–Crippen LogP) is 2.16. The van der Waals surface area contributed by atoms with Gasteiger partial charge in [0.2, 0.25) is 0 Å². The van der Waals surface area contributed by atoms with Gasteiger partial charge in [0.25, 0.3) is 0 Å². The first-order chi connectivity index (χ1) is 12.4. The van der Waals surface area contributed by atoms with E-state index < -0.39 is 0 Å². The van der Waals surface area contributed by atoms with Crippen LogP contribution in [0.1, 0.15) is 12.8 Å². The summed E-state index contributed by atoms with van der Waals surface area (Å²) in [6.45, 7) is 2.01. The van der Waals surface area contributed by atoms with Crippen molar-refractivity contribution in [2.45, 2.75) is 18.9 Å². The van der Waals surface area contributed by atoms with Crippen LogP contribution in [0.2, 0.25) is 0 Å². The first kappa shape index (κ1) is 15.6. The van der Waals surface area contributed by atoms with Gasteiger partial charge in [-0.15, -0.1) is 0 Å². The van der Waals surface area contributed by atoms with Gasteiger partial charge in [0.05, 0.1) is 17.6 Å². The molecule has 1 saturated heterocycles. The van der Waals surface area contributed by atoms with Crippen LogP contribution in [0.3, 0.4) is 0 Å². The molecule has 126 valence electrons. The minimum atomic E-state index is 0.356. The minimum absolute atomic E-state index is 0.356. The van der Waals surface area contributed by atoms with Gasteiger partial charge in [-0.3, -0.25) is 9.97 Å². The molecule has 0 spiro atoms. The summed E-state index contributed by atoms with van der Waals surface area (Å²) in [6, 6.07) is 8.08. The van der Waals surface area contributed by atoms with Crippen LogP contribution in [-0.4, -0.2) is 44.1 Å². The second-order valence-electron chi connectivity index (χ2n) is 5.96. The number of rotatable bonds is 4. The fraction of sp³-hybridized carbons (Fsp3) is 0.278. The maximum Gasteiger partial charge on any atom is 0.182 e. The Morgan fingerprint density at radius 2 is 1.96 bits per heavy atom. The van der Waals surface area contributed by atoms with Crippen molar-refractivity contribution in [2.24, 2.45) is 0 Å². The molecule has 1 aliphatic rings. The lowest BCUT2D eigenvalue weighted by molar-refractivity contribution is 0.479. The van der Waals surface area contributed by atoms with E-state index in [4.69, 9.17) is 0 Å². The average Bonchev–Trinajstić information content (AvgIpc) is 2.70. The molecule has 2 N–H and O–H groups in total. The van der Waals surface area contributed by atoms with Crippen LogP contribution in [0.15, 0.2) is 49.1 Å². The Balaban J connectivity index is 1.72. The zero-order chi connectivity index (χ0) is 16.9. The highest BCUT2D eigenvalue weighted by Crippen LogP contribution is 2.22. The van der Waals surface area contributed by atoms with E-state index in [-0.39, 0.29) is 0 Å². The SMILES string of the molecule is c1ccc(-c2cc(NC3CCCNC3)nc(-c3cnccn3)n2)nc1. The third-order valence-corrected chi connectivity index (χ3v) is 4.09. The van der Waals surface area contributed by atoms with Crippen LogP contribution in [0.5, 0.6) is 0 Å². The van der Waals surface area contributed by atoms with Crippen molar-refractivity contribution in [1.29, 1.82) is 0 Å². The van der Waals surface area contributed by atoms with E-state index in [0.29, 0.717) is 17.6 Å². The number of anilines is 1. The number of aromatic nitrogens is 5. The van der Waals surface area contributed by atoms with Crippen LogP contribution in [0.25, 0.3) is 22.9 Å². The molecule has 0 saturated carbocycles. The highest BCUT2D eigenvalue weighted by Gasteiger charge is 2.16. The number of pyridine rings is 1. The molecule has 4 rings (SSSR count). The van der Waals surface area contributed by atoms with E-state index in [9.17, 15) is 0 Å². The molecule has 0 bridgehead atoms. The summed E-state index contributed by atoms with van der Waals surface area (Å²) in [4.78, 5) is 22.1. The largest absolute Gasteiger partial charge is 0.366 e. The van der Waals surface area contributed by atoms with Gasteiger partial charge < -0.3 is 10.6 Å². The molecule has 0 radical (unpaired) electrons. The Morgan fingerprint density at radius 3 is 2.72 bits per heavy atom. The monoisotopic (exact) mass is 333 g/mol. The summed E-state index contributed by atoms with van der Waals surface area (Å²) >= 11 is 0. The lowest BCUT2D eigenvalue weighted by atomic mass is 10.1. The molecule has 0 aliphatic carbocycles. The van der Waals surface area contributed by atoms with Gasteiger partial charge in [-0.1, -0.05) is 6.07 Å². The maximum absolute atomic E-state index is 4.64. The molecular formula is C18H19N7. The topological polar surface area (TPSA) is 88.5 Å². The summed E-state index contributed by atoms with van der Waals surface area (Å²) in [7, 11) is 0. The first-order valence-electron chi connectivity index (χ1n) is 8.42. The van der Waals surface area contributed by atoms with Crippen LogP contribution in [-0.2, 0) is 0 Å². The Morgan fingerprint density at radius 1 is 1.00 bits per heavy atom. The first-order valence-corrected chi connectivity index (χ1v) is 8.42. The van der Waals surface area contributed by atoms with Gasteiger partial charge in [0.1, 0.15) is 11.5 Å². The molecule has 0 aromatic carbocycles. The lowest BCUT2D eigenvalue weighted by Crippen LogP contribution is -2.38. The molecule has 1 aliphatic heterocycles. The van der Waals surface area contributed by atoms with Crippen LogP contribution in [0, 0.1) is 0 Å². The molecule has 1 atom stereocenters. The smallest absolute Gasteiger partial charge is 0.182 e. The van der Waals surface area contributed by atoms with Crippen molar-refractivity contribution in [2.75, 3.05) is 18.4 Å². The van der Waals surface area contributed by atoms with E-state index in [2.05, 4.69) is 35.6 Å². The van der Waals surface area contributed by atoms with Crippen molar-refractivity contribution < 1.29 is 0 Å². The third-order valence-electron chi connectivity index (χ3n) is 4.09. The molecule has 4 heterocycles. The van der Waals surface area contributed by atoms with Crippen molar-refractivity contribution >= 4 is 5.82 Å². The zero-order valence-corrected chi connectivity index (χ0v) is 13.8. The third kappa shape index (κ3) is 3.77. The molecule has 1 fully saturated rings. The normalized spacial score (nSPS) is 17.2. The van der Waals surface area contributed by atoms with Gasteiger partial charge in [-0.05, 0) is 31.5 Å². The fourth-order valence-electron chi connectivity index (χ4n) is 2.88. The Labute approximate surface area is 146 Å². The maximum atomic E-state index is 4.64. The van der Waals surface area contributed by atoms with Gasteiger partial charge in [-0.25, -0.2) is 15.0 Å². The second-order valence-corrected chi connectivity index (χ2v) is 5.96.